The van der Waals surface area contributed by atoms with E-state index in [1.165, 1.54) is 35.4 Å². The van der Waals surface area contributed by atoms with E-state index in [0.29, 0.717) is 0 Å². The summed E-state index contributed by atoms with van der Waals surface area (Å²) in [5, 5.41) is 4.57. The zero-order valence-corrected chi connectivity index (χ0v) is 13.5. The van der Waals surface area contributed by atoms with Crippen LogP contribution in [0.1, 0.15) is 38.6 Å². The highest BCUT2D eigenvalue weighted by atomic mass is 79.9. The number of aromatic nitrogens is 2. The molecule has 0 radical (unpaired) electrons. The van der Waals surface area contributed by atoms with Crippen molar-refractivity contribution in [2.24, 2.45) is 18.9 Å². The predicted octanol–water partition coefficient (Wildman–Crippen LogP) is 3.22. The Labute approximate surface area is 119 Å². The number of hydrogen-bond donors (Lipinski definition) is 0. The highest BCUT2D eigenvalue weighted by molar-refractivity contribution is 9.10. The molecule has 2 atom stereocenters. The molecule has 1 aliphatic rings. The largest absolute Gasteiger partial charge is 0.297 e. The van der Waals surface area contributed by atoms with Crippen LogP contribution in [-0.2, 0) is 20.0 Å². The molecular weight excluding hydrogens is 290 g/mol. The lowest BCUT2D eigenvalue weighted by molar-refractivity contribution is 0.129. The molecule has 0 spiro atoms. The van der Waals surface area contributed by atoms with E-state index in [2.05, 4.69) is 53.7 Å². The molecule has 102 valence electrons. The summed E-state index contributed by atoms with van der Waals surface area (Å²) in [6.07, 6.45) is 2.30. The molecule has 0 saturated carbocycles. The van der Waals surface area contributed by atoms with Gasteiger partial charge in [-0.25, -0.2) is 0 Å². The minimum absolute atomic E-state index is 0.802. The second-order valence-electron chi connectivity index (χ2n) is 5.66. The Hall–Kier alpha value is -0.350. The molecule has 2 unspecified atom stereocenters. The average molecular weight is 314 g/mol. The summed E-state index contributed by atoms with van der Waals surface area (Å²) in [6.45, 7) is 10.3. The van der Waals surface area contributed by atoms with Crippen molar-refractivity contribution < 1.29 is 0 Å². The minimum Gasteiger partial charge on any atom is -0.297 e. The van der Waals surface area contributed by atoms with Crippen LogP contribution in [0.3, 0.4) is 0 Å². The van der Waals surface area contributed by atoms with Gasteiger partial charge in [-0.2, -0.15) is 5.10 Å². The van der Waals surface area contributed by atoms with E-state index in [1.54, 1.807) is 0 Å². The Morgan fingerprint density at radius 2 is 2.06 bits per heavy atom. The van der Waals surface area contributed by atoms with Crippen LogP contribution >= 0.6 is 15.9 Å². The lowest BCUT2D eigenvalue weighted by Gasteiger charge is -2.35. The molecule has 0 bridgehead atoms. The van der Waals surface area contributed by atoms with Gasteiger partial charge in [0.15, 0.2) is 0 Å². The molecule has 0 N–H and O–H groups in total. The van der Waals surface area contributed by atoms with Gasteiger partial charge >= 0.3 is 0 Å². The second kappa shape index (κ2) is 5.74. The van der Waals surface area contributed by atoms with Crippen molar-refractivity contribution in [1.82, 2.24) is 14.7 Å². The van der Waals surface area contributed by atoms with Gasteiger partial charge in [0.05, 0.1) is 15.9 Å². The van der Waals surface area contributed by atoms with E-state index in [-0.39, 0.29) is 0 Å². The van der Waals surface area contributed by atoms with Crippen molar-refractivity contribution in [2.45, 2.75) is 40.2 Å². The Balaban J connectivity index is 2.08. The first-order chi connectivity index (χ1) is 8.52. The van der Waals surface area contributed by atoms with Gasteiger partial charge in [-0.15, -0.1) is 0 Å². The Morgan fingerprint density at radius 1 is 1.33 bits per heavy atom. The SMILES string of the molecule is CCc1nn(C)c(CN2CCC(C)C(C)C2)c1Br. The summed E-state index contributed by atoms with van der Waals surface area (Å²) in [5.41, 5.74) is 2.49. The first-order valence-electron chi connectivity index (χ1n) is 6.95. The molecular formula is C14H24BrN3. The molecule has 0 aromatic carbocycles. The van der Waals surface area contributed by atoms with Gasteiger partial charge in [-0.1, -0.05) is 20.8 Å². The average Bonchev–Trinajstić information content (AvgIpc) is 2.61. The van der Waals surface area contributed by atoms with Crippen LogP contribution in [0.25, 0.3) is 0 Å². The lowest BCUT2D eigenvalue weighted by atomic mass is 9.88. The maximum Gasteiger partial charge on any atom is 0.0767 e. The van der Waals surface area contributed by atoms with Crippen molar-refractivity contribution in [1.29, 1.82) is 0 Å². The third kappa shape index (κ3) is 2.80. The fourth-order valence-electron chi connectivity index (χ4n) is 2.70. The summed E-state index contributed by atoms with van der Waals surface area (Å²) in [5.74, 6) is 1.67. The van der Waals surface area contributed by atoms with Gasteiger partial charge in [0.2, 0.25) is 0 Å². The summed E-state index contributed by atoms with van der Waals surface area (Å²) >= 11 is 3.71. The third-order valence-electron chi connectivity index (χ3n) is 4.29. The van der Waals surface area contributed by atoms with Crippen LogP contribution in [0.4, 0.5) is 0 Å². The van der Waals surface area contributed by atoms with E-state index < -0.39 is 0 Å². The van der Waals surface area contributed by atoms with Crippen LogP contribution < -0.4 is 0 Å². The number of likely N-dealkylation sites (tertiary alicyclic amines) is 1. The van der Waals surface area contributed by atoms with Crippen molar-refractivity contribution in [3.8, 4) is 0 Å². The van der Waals surface area contributed by atoms with Crippen LogP contribution in [0, 0.1) is 11.8 Å². The van der Waals surface area contributed by atoms with Crippen LogP contribution in [-0.4, -0.2) is 27.8 Å². The standard InChI is InChI=1S/C14H24BrN3/c1-5-12-14(15)13(17(4)16-12)9-18-7-6-10(2)11(3)8-18/h10-11H,5-9H2,1-4H3. The summed E-state index contributed by atoms with van der Waals surface area (Å²) in [6, 6.07) is 0. The molecule has 1 aromatic rings. The van der Waals surface area contributed by atoms with E-state index in [1.807, 2.05) is 4.68 Å². The quantitative estimate of drug-likeness (QED) is 0.854. The molecule has 0 aliphatic carbocycles. The Morgan fingerprint density at radius 3 is 2.61 bits per heavy atom. The van der Waals surface area contributed by atoms with E-state index in [0.717, 1.165) is 24.8 Å². The van der Waals surface area contributed by atoms with E-state index in [4.69, 9.17) is 0 Å². The Kier molecular flexibility index (Phi) is 4.49. The fraction of sp³-hybridized carbons (Fsp3) is 0.786. The molecule has 2 rings (SSSR count). The van der Waals surface area contributed by atoms with Crippen LogP contribution in [0.5, 0.6) is 0 Å². The van der Waals surface area contributed by atoms with Crippen LogP contribution in [0.15, 0.2) is 4.47 Å². The van der Waals surface area contributed by atoms with E-state index >= 15 is 0 Å². The van der Waals surface area contributed by atoms with Gasteiger partial charge in [-0.05, 0) is 47.2 Å². The predicted molar refractivity (Wildman–Crippen MR) is 78.5 cm³/mol. The molecule has 4 heteroatoms. The van der Waals surface area contributed by atoms with Crippen molar-refractivity contribution in [2.75, 3.05) is 13.1 Å². The number of aryl methyl sites for hydroxylation is 2. The maximum absolute atomic E-state index is 4.57. The molecule has 1 aromatic heterocycles. The van der Waals surface area contributed by atoms with Crippen molar-refractivity contribution in [3.63, 3.8) is 0 Å². The van der Waals surface area contributed by atoms with Crippen molar-refractivity contribution in [3.05, 3.63) is 15.9 Å². The number of nitrogens with zero attached hydrogens (tertiary/aromatic N) is 3. The fourth-order valence-corrected chi connectivity index (χ4v) is 3.44. The normalized spacial score (nSPS) is 25.6. The van der Waals surface area contributed by atoms with Crippen molar-refractivity contribution >= 4 is 15.9 Å². The van der Waals surface area contributed by atoms with Gasteiger partial charge in [0, 0.05) is 20.1 Å². The molecule has 3 nitrogen and oxygen atoms in total. The van der Waals surface area contributed by atoms with Gasteiger partial charge in [0.1, 0.15) is 0 Å². The monoisotopic (exact) mass is 313 g/mol. The smallest absolute Gasteiger partial charge is 0.0767 e. The third-order valence-corrected chi connectivity index (χ3v) is 5.21. The molecule has 1 aliphatic heterocycles. The Bertz CT molecular complexity index is 413. The second-order valence-corrected chi connectivity index (χ2v) is 6.46. The first kappa shape index (κ1) is 14.1. The lowest BCUT2D eigenvalue weighted by Crippen LogP contribution is -2.38. The number of rotatable bonds is 3. The van der Waals surface area contributed by atoms with Gasteiger partial charge in [0.25, 0.3) is 0 Å². The zero-order valence-electron chi connectivity index (χ0n) is 11.9. The molecule has 1 saturated heterocycles. The zero-order chi connectivity index (χ0) is 13.3. The topological polar surface area (TPSA) is 21.1 Å². The molecule has 18 heavy (non-hydrogen) atoms. The molecule has 0 amide bonds. The molecule has 1 fully saturated rings. The highest BCUT2D eigenvalue weighted by Gasteiger charge is 2.24. The summed E-state index contributed by atoms with van der Waals surface area (Å²) in [7, 11) is 2.05. The minimum atomic E-state index is 0.802. The van der Waals surface area contributed by atoms with Gasteiger partial charge in [-0.3, -0.25) is 9.58 Å². The number of hydrogen-bond acceptors (Lipinski definition) is 2. The number of piperidine rings is 1. The maximum atomic E-state index is 4.57. The molecule has 2 heterocycles. The summed E-state index contributed by atoms with van der Waals surface area (Å²) in [4.78, 5) is 2.56. The van der Waals surface area contributed by atoms with Crippen LogP contribution in [0.2, 0.25) is 0 Å². The number of halogens is 1. The summed E-state index contributed by atoms with van der Waals surface area (Å²) < 4.78 is 3.24. The van der Waals surface area contributed by atoms with Gasteiger partial charge < -0.3 is 0 Å². The highest BCUT2D eigenvalue weighted by Crippen LogP contribution is 2.27. The van der Waals surface area contributed by atoms with E-state index in [9.17, 15) is 0 Å². The first-order valence-corrected chi connectivity index (χ1v) is 7.74.